The normalized spacial score (nSPS) is 16.6. The van der Waals surface area contributed by atoms with Crippen molar-refractivity contribution < 1.29 is 28.2 Å². The summed E-state index contributed by atoms with van der Waals surface area (Å²) < 4.78 is 27.2. The van der Waals surface area contributed by atoms with E-state index in [2.05, 4.69) is 41.3 Å². The SMILES string of the molecule is COc1cc(Br)nc(NC(=O)[C@@H]2C[C@@H](F)CN2C(=O)Cn2nc(C(C)=O)c3cc(Oc4ncc(C)cn4)ccc32)c1. The summed E-state index contributed by atoms with van der Waals surface area (Å²) in [5.74, 6) is -0.405. The van der Waals surface area contributed by atoms with E-state index in [9.17, 15) is 18.8 Å². The van der Waals surface area contributed by atoms with Crippen LogP contribution in [0.1, 0.15) is 29.4 Å². The van der Waals surface area contributed by atoms with Crippen LogP contribution in [0.15, 0.2) is 47.3 Å². The van der Waals surface area contributed by atoms with Crippen LogP contribution in [0, 0.1) is 6.92 Å². The van der Waals surface area contributed by atoms with Gasteiger partial charge in [0, 0.05) is 43.3 Å². The van der Waals surface area contributed by atoms with Crippen LogP contribution in [0.3, 0.4) is 0 Å². The summed E-state index contributed by atoms with van der Waals surface area (Å²) >= 11 is 3.25. The Morgan fingerprint density at radius 2 is 1.90 bits per heavy atom. The Morgan fingerprint density at radius 3 is 2.61 bits per heavy atom. The molecule has 12 nitrogen and oxygen atoms in total. The van der Waals surface area contributed by atoms with E-state index in [1.54, 1.807) is 36.7 Å². The molecule has 2 atom stereocenters. The van der Waals surface area contributed by atoms with Crippen LogP contribution in [-0.4, -0.2) is 73.1 Å². The number of pyridine rings is 1. The Bertz CT molecular complexity index is 1650. The molecule has 1 N–H and O–H groups in total. The van der Waals surface area contributed by atoms with Gasteiger partial charge in [-0.3, -0.25) is 19.1 Å². The van der Waals surface area contributed by atoms with Gasteiger partial charge in [0.15, 0.2) is 5.78 Å². The van der Waals surface area contributed by atoms with E-state index in [0.29, 0.717) is 27.0 Å². The third-order valence-electron chi connectivity index (χ3n) is 6.43. The number of aryl methyl sites for hydroxylation is 1. The third kappa shape index (κ3) is 6.16. The zero-order chi connectivity index (χ0) is 29.3. The minimum absolute atomic E-state index is 0.136. The first-order valence-electron chi connectivity index (χ1n) is 12.5. The monoisotopic (exact) mass is 625 g/mol. The Kier molecular flexibility index (Phi) is 7.92. The molecule has 1 fully saturated rings. The minimum atomic E-state index is -1.38. The zero-order valence-corrected chi connectivity index (χ0v) is 23.9. The lowest BCUT2D eigenvalue weighted by molar-refractivity contribution is -0.137. The fourth-order valence-electron chi connectivity index (χ4n) is 4.53. The summed E-state index contributed by atoms with van der Waals surface area (Å²) in [6, 6.07) is 7.12. The number of hydrogen-bond acceptors (Lipinski definition) is 9. The second-order valence-corrected chi connectivity index (χ2v) is 10.3. The number of halogens is 2. The van der Waals surface area contributed by atoms with E-state index in [1.807, 2.05) is 6.92 Å². The van der Waals surface area contributed by atoms with Gasteiger partial charge in [0.2, 0.25) is 11.8 Å². The van der Waals surface area contributed by atoms with Crippen molar-refractivity contribution in [3.8, 4) is 17.5 Å². The third-order valence-corrected chi connectivity index (χ3v) is 6.84. The van der Waals surface area contributed by atoms with E-state index >= 15 is 0 Å². The second-order valence-electron chi connectivity index (χ2n) is 9.49. The van der Waals surface area contributed by atoms with Gasteiger partial charge in [0.1, 0.15) is 46.4 Å². The van der Waals surface area contributed by atoms with Crippen molar-refractivity contribution in [2.24, 2.45) is 0 Å². The smallest absolute Gasteiger partial charge is 0.321 e. The molecule has 2 amide bonds. The highest BCUT2D eigenvalue weighted by atomic mass is 79.9. The summed E-state index contributed by atoms with van der Waals surface area (Å²) in [7, 11) is 1.47. The van der Waals surface area contributed by atoms with Gasteiger partial charge in [-0.05, 0) is 46.6 Å². The largest absolute Gasteiger partial charge is 0.497 e. The van der Waals surface area contributed by atoms with Crippen LogP contribution >= 0.6 is 15.9 Å². The molecule has 4 heterocycles. The highest BCUT2D eigenvalue weighted by molar-refractivity contribution is 9.10. The van der Waals surface area contributed by atoms with Gasteiger partial charge in [-0.1, -0.05) is 0 Å². The number of carbonyl (C=O) groups is 3. The second kappa shape index (κ2) is 11.6. The highest BCUT2D eigenvalue weighted by Gasteiger charge is 2.40. The molecule has 5 rings (SSSR count). The first-order valence-corrected chi connectivity index (χ1v) is 13.3. The van der Waals surface area contributed by atoms with E-state index < -0.39 is 24.0 Å². The maximum atomic E-state index is 14.5. The van der Waals surface area contributed by atoms with Crippen LogP contribution in [0.5, 0.6) is 17.5 Å². The van der Waals surface area contributed by atoms with Gasteiger partial charge in [-0.2, -0.15) is 5.10 Å². The van der Waals surface area contributed by atoms with E-state index in [4.69, 9.17) is 9.47 Å². The molecule has 0 saturated carbocycles. The average Bonchev–Trinajstić information content (AvgIpc) is 3.50. The maximum absolute atomic E-state index is 14.5. The molecule has 3 aromatic heterocycles. The number of methoxy groups -OCH3 is 1. The van der Waals surface area contributed by atoms with E-state index in [0.717, 1.165) is 5.56 Å². The number of nitrogens with zero attached hydrogens (tertiary/aromatic N) is 6. The number of ether oxygens (including phenoxy) is 2. The molecule has 1 aliphatic rings. The minimum Gasteiger partial charge on any atom is -0.497 e. The van der Waals surface area contributed by atoms with Crippen LogP contribution in [0.2, 0.25) is 0 Å². The Labute approximate surface area is 242 Å². The quantitative estimate of drug-likeness (QED) is 0.228. The van der Waals surface area contributed by atoms with Crippen molar-refractivity contribution in [1.82, 2.24) is 29.6 Å². The van der Waals surface area contributed by atoms with Crippen molar-refractivity contribution in [1.29, 1.82) is 0 Å². The van der Waals surface area contributed by atoms with Crippen LogP contribution in [-0.2, 0) is 16.1 Å². The Hall–Kier alpha value is -4.46. The molecule has 41 heavy (non-hydrogen) atoms. The molecule has 0 radical (unpaired) electrons. The van der Waals surface area contributed by atoms with Crippen LogP contribution in [0.4, 0.5) is 10.2 Å². The van der Waals surface area contributed by atoms with Gasteiger partial charge in [-0.15, -0.1) is 0 Å². The van der Waals surface area contributed by atoms with Crippen molar-refractivity contribution >= 4 is 50.2 Å². The van der Waals surface area contributed by atoms with Crippen LogP contribution in [0.25, 0.3) is 10.9 Å². The van der Waals surface area contributed by atoms with Crippen molar-refractivity contribution in [2.75, 3.05) is 19.0 Å². The van der Waals surface area contributed by atoms with Gasteiger partial charge in [0.25, 0.3) is 0 Å². The molecule has 1 aliphatic heterocycles. The molecular formula is C27H25BrFN7O5. The number of alkyl halides is 1. The molecule has 0 unspecified atom stereocenters. The number of ketones is 1. The molecule has 1 saturated heterocycles. The first kappa shape index (κ1) is 28.1. The molecule has 0 aliphatic carbocycles. The molecule has 212 valence electrons. The van der Waals surface area contributed by atoms with Gasteiger partial charge >= 0.3 is 6.01 Å². The van der Waals surface area contributed by atoms with Crippen molar-refractivity contribution in [2.45, 2.75) is 39.0 Å². The zero-order valence-electron chi connectivity index (χ0n) is 22.3. The molecule has 0 bridgehead atoms. The number of rotatable bonds is 8. The number of carbonyl (C=O) groups excluding carboxylic acids is 3. The molecule has 14 heteroatoms. The number of Topliss-reactive ketones (excluding diaryl/α,β-unsaturated/α-hetero) is 1. The lowest BCUT2D eigenvalue weighted by atomic mass is 10.1. The molecular weight excluding hydrogens is 601 g/mol. The van der Waals surface area contributed by atoms with Crippen LogP contribution < -0.4 is 14.8 Å². The number of fused-ring (bicyclic) bond motifs is 1. The molecule has 0 spiro atoms. The molecule has 4 aromatic rings. The van der Waals surface area contributed by atoms with Gasteiger partial charge in [0.05, 0.1) is 19.2 Å². The number of likely N-dealkylation sites (tertiary alicyclic amines) is 1. The first-order chi connectivity index (χ1) is 19.6. The predicted octanol–water partition coefficient (Wildman–Crippen LogP) is 3.87. The highest BCUT2D eigenvalue weighted by Crippen LogP contribution is 2.28. The van der Waals surface area contributed by atoms with Crippen molar-refractivity contribution in [3.63, 3.8) is 0 Å². The lowest BCUT2D eigenvalue weighted by Crippen LogP contribution is -2.44. The lowest BCUT2D eigenvalue weighted by Gasteiger charge is -2.23. The number of aromatic nitrogens is 5. The maximum Gasteiger partial charge on any atom is 0.321 e. The predicted molar refractivity (Wildman–Crippen MR) is 149 cm³/mol. The summed E-state index contributed by atoms with van der Waals surface area (Å²) in [5.41, 5.74) is 1.50. The summed E-state index contributed by atoms with van der Waals surface area (Å²) in [6.45, 7) is 2.65. The summed E-state index contributed by atoms with van der Waals surface area (Å²) in [6.07, 6.45) is 1.69. The van der Waals surface area contributed by atoms with Crippen molar-refractivity contribution in [3.05, 3.63) is 58.6 Å². The number of benzene rings is 1. The summed E-state index contributed by atoms with van der Waals surface area (Å²) in [5, 5.41) is 7.45. The Balaban J connectivity index is 1.37. The fourth-order valence-corrected chi connectivity index (χ4v) is 4.95. The van der Waals surface area contributed by atoms with E-state index in [-0.39, 0.29) is 42.8 Å². The topological polar surface area (TPSA) is 141 Å². The Morgan fingerprint density at radius 1 is 1.15 bits per heavy atom. The standard InChI is InChI=1S/C27H25BrFN7O5/c1-14-10-30-27(31-11-14)41-17-4-5-20-19(7-17)25(15(2)37)34-36(20)13-24(38)35-12-16(29)6-21(35)26(39)33-23-9-18(40-3)8-22(28)32-23/h4-5,7-11,16,21H,6,12-13H2,1-3H3,(H,32,33,39)/t16-,21+/m1/s1. The van der Waals surface area contributed by atoms with Gasteiger partial charge in [-0.25, -0.2) is 19.3 Å². The van der Waals surface area contributed by atoms with Gasteiger partial charge < -0.3 is 19.7 Å². The van der Waals surface area contributed by atoms with E-state index in [1.165, 1.54) is 29.7 Å². The molecule has 1 aromatic carbocycles. The summed E-state index contributed by atoms with van der Waals surface area (Å²) in [4.78, 5) is 52.5. The number of nitrogens with one attached hydrogen (secondary N) is 1. The number of anilines is 1. The average molecular weight is 626 g/mol. The number of hydrogen-bond donors (Lipinski definition) is 1. The number of amides is 2. The fraction of sp³-hybridized carbons (Fsp3) is 0.296.